The lowest BCUT2D eigenvalue weighted by atomic mass is 9.84. The van der Waals surface area contributed by atoms with Gasteiger partial charge in [-0.2, -0.15) is 0 Å². The fourth-order valence-corrected chi connectivity index (χ4v) is 6.27. The van der Waals surface area contributed by atoms with Gasteiger partial charge < -0.3 is 31.1 Å². The summed E-state index contributed by atoms with van der Waals surface area (Å²) in [6.07, 6.45) is 16.6. The minimum Gasteiger partial charge on any atom is -0.383 e. The van der Waals surface area contributed by atoms with Crippen molar-refractivity contribution in [3.63, 3.8) is 0 Å². The quantitative estimate of drug-likeness (QED) is 0.170. The molecule has 2 unspecified atom stereocenters. The van der Waals surface area contributed by atoms with Crippen LogP contribution in [0.3, 0.4) is 0 Å². The van der Waals surface area contributed by atoms with Gasteiger partial charge in [-0.25, -0.2) is 9.97 Å². The zero-order valence-corrected chi connectivity index (χ0v) is 24.5. The van der Waals surface area contributed by atoms with Crippen molar-refractivity contribution in [3.8, 4) is 0 Å². The molecule has 0 radical (unpaired) electrons. The first-order valence-electron chi connectivity index (χ1n) is 15.3. The minimum absolute atomic E-state index is 0.524. The van der Waals surface area contributed by atoms with Crippen LogP contribution in [0.25, 0.3) is 11.0 Å². The van der Waals surface area contributed by atoms with Gasteiger partial charge in [0.1, 0.15) is 17.8 Å². The molecule has 2 aromatic heterocycles. The van der Waals surface area contributed by atoms with Crippen molar-refractivity contribution in [2.24, 2.45) is 5.92 Å². The number of nitrogens with two attached hydrogens (primary N) is 1. The molecule has 220 valence electrons. The van der Waals surface area contributed by atoms with E-state index in [0.29, 0.717) is 17.8 Å². The number of nitrogen functional groups attached to an aromatic ring is 1. The number of nitrogens with zero attached hydrogens (tertiary/aromatic N) is 3. The van der Waals surface area contributed by atoms with Crippen LogP contribution in [-0.4, -0.2) is 56.7 Å². The Kier molecular flexibility index (Phi) is 11.4. The highest BCUT2D eigenvalue weighted by molar-refractivity contribution is 5.90. The molecule has 5 rings (SSSR count). The molecule has 2 saturated carbocycles. The monoisotopic (exact) mass is 550 g/mol. The van der Waals surface area contributed by atoms with E-state index in [1.165, 1.54) is 82.8 Å². The summed E-state index contributed by atoms with van der Waals surface area (Å²) < 4.78 is 2.45. The molecule has 0 spiro atoms. The Bertz CT molecular complexity index is 1150. The van der Waals surface area contributed by atoms with E-state index in [4.69, 9.17) is 20.9 Å². The molecular formula is C32H50N6O2. The van der Waals surface area contributed by atoms with Gasteiger partial charge in [-0.15, -0.1) is 0 Å². The van der Waals surface area contributed by atoms with Crippen LogP contribution < -0.4 is 16.4 Å². The molecule has 8 heteroatoms. The van der Waals surface area contributed by atoms with Crippen LogP contribution in [-0.2, 0) is 6.42 Å². The molecule has 2 aliphatic carbocycles. The lowest BCUT2D eigenvalue weighted by Crippen LogP contribution is -2.26. The van der Waals surface area contributed by atoms with Gasteiger partial charge in [-0.3, -0.25) is 0 Å². The number of benzene rings is 1. The number of aliphatic hydroxyl groups is 2. The Hall–Kier alpha value is -2.52. The first-order chi connectivity index (χ1) is 19.3. The molecule has 0 aliphatic heterocycles. The van der Waals surface area contributed by atoms with E-state index in [1.54, 1.807) is 6.33 Å². The second kappa shape index (κ2) is 14.9. The van der Waals surface area contributed by atoms with Crippen molar-refractivity contribution in [1.29, 1.82) is 0 Å². The van der Waals surface area contributed by atoms with Crippen molar-refractivity contribution in [2.75, 3.05) is 31.9 Å². The number of anilines is 1. The molecule has 40 heavy (non-hydrogen) atoms. The minimum atomic E-state index is -1.50. The summed E-state index contributed by atoms with van der Waals surface area (Å²) in [5.74, 6) is 0.504. The zero-order valence-electron chi connectivity index (χ0n) is 24.5. The summed E-state index contributed by atoms with van der Waals surface area (Å²) >= 11 is 0. The Balaban J connectivity index is 0.000000681. The van der Waals surface area contributed by atoms with Gasteiger partial charge in [0.25, 0.3) is 0 Å². The molecule has 0 bridgehead atoms. The van der Waals surface area contributed by atoms with E-state index in [1.807, 2.05) is 0 Å². The maximum atomic E-state index is 8.08. The number of nitrogens with one attached hydrogen (secondary N) is 2. The fourth-order valence-electron chi connectivity index (χ4n) is 6.27. The Labute approximate surface area is 239 Å². The van der Waals surface area contributed by atoms with Gasteiger partial charge in [0.2, 0.25) is 0 Å². The summed E-state index contributed by atoms with van der Waals surface area (Å²) in [5.41, 5.74) is 10.2. The normalized spacial score (nSPS) is 20.0. The standard InChI is InChI=1S/C29H42N6.C3H8O2/c30-28-27-26(24-10-5-2-6-11-24)20-35(29(27)34-21-33-28)25-13-12-23(18-25)19-32-16-7-15-31-17-14-22-8-3-1-4-9-22;1-3(2,4)5/h1,3-4,8-9,20-21,23-25,31-32H,2,5-7,10-19H2,(H2,30,33,34);4-5H,1-2H3. The van der Waals surface area contributed by atoms with Crippen LogP contribution in [0.1, 0.15) is 94.7 Å². The predicted molar refractivity (Wildman–Crippen MR) is 163 cm³/mol. The molecule has 2 heterocycles. The van der Waals surface area contributed by atoms with Crippen LogP contribution in [0.15, 0.2) is 42.9 Å². The molecule has 2 atom stereocenters. The van der Waals surface area contributed by atoms with Crippen molar-refractivity contribution in [2.45, 2.75) is 95.8 Å². The van der Waals surface area contributed by atoms with Gasteiger partial charge in [0.15, 0.2) is 5.79 Å². The third kappa shape index (κ3) is 9.26. The Morgan fingerprint density at radius 2 is 1.68 bits per heavy atom. The molecule has 2 fully saturated rings. The number of rotatable bonds is 11. The molecule has 2 aliphatic rings. The van der Waals surface area contributed by atoms with E-state index in [0.717, 1.165) is 49.6 Å². The van der Waals surface area contributed by atoms with E-state index in [-0.39, 0.29) is 0 Å². The topological polar surface area (TPSA) is 121 Å². The average molecular weight is 551 g/mol. The summed E-state index contributed by atoms with van der Waals surface area (Å²) in [5, 5.41) is 24.6. The fraction of sp³-hybridized carbons (Fsp3) is 0.625. The van der Waals surface area contributed by atoms with Crippen molar-refractivity contribution in [3.05, 3.63) is 54.0 Å². The smallest absolute Gasteiger partial charge is 0.156 e. The zero-order chi connectivity index (χ0) is 28.4. The van der Waals surface area contributed by atoms with E-state index >= 15 is 0 Å². The van der Waals surface area contributed by atoms with Crippen molar-refractivity contribution in [1.82, 2.24) is 25.2 Å². The molecular weight excluding hydrogens is 500 g/mol. The third-order valence-electron chi connectivity index (χ3n) is 8.19. The second-order valence-electron chi connectivity index (χ2n) is 12.2. The summed E-state index contributed by atoms with van der Waals surface area (Å²) in [4.78, 5) is 9.05. The van der Waals surface area contributed by atoms with E-state index < -0.39 is 5.79 Å². The number of fused-ring (bicyclic) bond motifs is 1. The maximum Gasteiger partial charge on any atom is 0.156 e. The lowest BCUT2D eigenvalue weighted by Gasteiger charge is -2.21. The molecule has 8 nitrogen and oxygen atoms in total. The molecule has 3 aromatic rings. The predicted octanol–water partition coefficient (Wildman–Crippen LogP) is 4.92. The molecule has 1 aromatic carbocycles. The van der Waals surface area contributed by atoms with E-state index in [9.17, 15) is 0 Å². The largest absolute Gasteiger partial charge is 0.383 e. The molecule has 0 amide bonds. The Morgan fingerprint density at radius 3 is 2.42 bits per heavy atom. The van der Waals surface area contributed by atoms with Crippen LogP contribution in [0.2, 0.25) is 0 Å². The van der Waals surface area contributed by atoms with E-state index in [2.05, 4.69) is 56.7 Å². The van der Waals surface area contributed by atoms with Gasteiger partial charge in [0.05, 0.1) is 5.39 Å². The van der Waals surface area contributed by atoms with Crippen LogP contribution in [0.4, 0.5) is 5.82 Å². The summed E-state index contributed by atoms with van der Waals surface area (Å²) in [7, 11) is 0. The molecule has 0 saturated heterocycles. The van der Waals surface area contributed by atoms with Gasteiger partial charge in [-0.1, -0.05) is 49.6 Å². The third-order valence-corrected chi connectivity index (χ3v) is 8.19. The Morgan fingerprint density at radius 1 is 0.950 bits per heavy atom. The second-order valence-corrected chi connectivity index (χ2v) is 12.2. The first-order valence-corrected chi connectivity index (χ1v) is 15.3. The van der Waals surface area contributed by atoms with Crippen LogP contribution in [0.5, 0.6) is 0 Å². The van der Waals surface area contributed by atoms with Crippen molar-refractivity contribution < 1.29 is 10.2 Å². The molecule has 6 N–H and O–H groups in total. The van der Waals surface area contributed by atoms with Gasteiger partial charge in [-0.05, 0) is 108 Å². The highest BCUT2D eigenvalue weighted by Gasteiger charge is 2.30. The summed E-state index contributed by atoms with van der Waals surface area (Å²) in [6, 6.07) is 11.2. The SMILES string of the molecule is CC(C)(O)O.Nc1ncnc2c1c(C1CCCCC1)cn2C1CCC(CNCCCNCCc2ccccc2)C1. The van der Waals surface area contributed by atoms with Gasteiger partial charge in [0, 0.05) is 12.2 Å². The van der Waals surface area contributed by atoms with Crippen molar-refractivity contribution >= 4 is 16.9 Å². The summed E-state index contributed by atoms with van der Waals surface area (Å²) in [6.45, 7) is 6.93. The first kappa shape index (κ1) is 30.4. The highest BCUT2D eigenvalue weighted by atomic mass is 16.5. The van der Waals surface area contributed by atoms with Crippen LogP contribution >= 0.6 is 0 Å². The number of hydrogen-bond acceptors (Lipinski definition) is 7. The highest BCUT2D eigenvalue weighted by Crippen LogP contribution is 2.42. The van der Waals surface area contributed by atoms with Crippen LogP contribution in [0, 0.1) is 5.92 Å². The number of hydrogen-bond donors (Lipinski definition) is 5. The number of aromatic nitrogens is 3. The maximum absolute atomic E-state index is 8.08. The average Bonchev–Trinajstić information content (AvgIpc) is 3.56. The van der Waals surface area contributed by atoms with Gasteiger partial charge >= 0.3 is 0 Å². The lowest BCUT2D eigenvalue weighted by molar-refractivity contribution is -0.127.